The van der Waals surface area contributed by atoms with Gasteiger partial charge >= 0.3 is 8.80 Å². The van der Waals surface area contributed by atoms with Crippen LogP contribution in [-0.4, -0.2) is 25.5 Å². The molecule has 14 heavy (non-hydrogen) atoms. The molecule has 0 aliphatic heterocycles. The van der Waals surface area contributed by atoms with Gasteiger partial charge in [0, 0.05) is 19.2 Å². The molecule has 1 aromatic carbocycles. The van der Waals surface area contributed by atoms with Crippen molar-refractivity contribution in [1.82, 2.24) is 0 Å². The highest BCUT2D eigenvalue weighted by atomic mass is 28.4. The van der Waals surface area contributed by atoms with E-state index in [-0.39, 0.29) is 0 Å². The molecule has 1 rings (SSSR count). The van der Waals surface area contributed by atoms with E-state index in [1.807, 2.05) is 0 Å². The lowest BCUT2D eigenvalue weighted by Crippen LogP contribution is -2.54. The highest BCUT2D eigenvalue weighted by Crippen LogP contribution is 2.08. The number of hydrogen-bond acceptors (Lipinski definition) is 3. The van der Waals surface area contributed by atoms with Crippen LogP contribution in [-0.2, 0) is 4.43 Å². The summed E-state index contributed by atoms with van der Waals surface area (Å²) in [6.45, 7) is 0. The molecule has 0 heterocycles. The monoisotopic (exact) mass is 224 g/mol. The van der Waals surface area contributed by atoms with Crippen molar-refractivity contribution in [3.63, 3.8) is 0 Å². The molecule has 0 radical (unpaired) electrons. The predicted molar refractivity (Wildman–Crippen MR) is 43.2 cm³/mol. The molecule has 2 N–H and O–H groups in total. The van der Waals surface area contributed by atoms with Gasteiger partial charge in [0.2, 0.25) is 0 Å². The van der Waals surface area contributed by atoms with Crippen LogP contribution in [0.2, 0.25) is 0 Å². The van der Waals surface area contributed by atoms with E-state index in [0.29, 0.717) is 12.1 Å². The Morgan fingerprint density at radius 3 is 1.93 bits per heavy atom. The third-order valence-corrected chi connectivity index (χ3v) is 3.32. The highest BCUT2D eigenvalue weighted by molar-refractivity contribution is 6.73. The van der Waals surface area contributed by atoms with Crippen molar-refractivity contribution in [2.45, 2.75) is 0 Å². The van der Waals surface area contributed by atoms with E-state index in [4.69, 9.17) is 9.59 Å². The Balaban J connectivity index is 3.35. The average molecular weight is 224 g/mol. The summed E-state index contributed by atoms with van der Waals surface area (Å²) >= 11 is 0. The zero-order chi connectivity index (χ0) is 10.9. The van der Waals surface area contributed by atoms with Crippen LogP contribution in [0.1, 0.15) is 0 Å². The lowest BCUT2D eigenvalue weighted by Gasteiger charge is -2.16. The average Bonchev–Trinajstić information content (AvgIpc) is 2.01. The van der Waals surface area contributed by atoms with Crippen molar-refractivity contribution in [2.75, 3.05) is 7.11 Å². The van der Waals surface area contributed by atoms with Gasteiger partial charge in [0.1, 0.15) is 17.5 Å². The van der Waals surface area contributed by atoms with Gasteiger partial charge in [-0.2, -0.15) is 0 Å². The molecule has 0 saturated carbocycles. The molecular weight excluding hydrogens is 217 g/mol. The van der Waals surface area contributed by atoms with Gasteiger partial charge in [-0.1, -0.05) is 0 Å². The molecule has 0 bridgehead atoms. The fourth-order valence-electron chi connectivity index (χ4n) is 0.955. The quantitative estimate of drug-likeness (QED) is 0.689. The van der Waals surface area contributed by atoms with Gasteiger partial charge < -0.3 is 14.0 Å². The third kappa shape index (κ3) is 1.95. The molecule has 0 fully saturated rings. The number of hydrogen-bond donors (Lipinski definition) is 2. The summed E-state index contributed by atoms with van der Waals surface area (Å²) in [7, 11) is -3.68. The lowest BCUT2D eigenvalue weighted by molar-refractivity contribution is 0.201. The van der Waals surface area contributed by atoms with E-state index in [1.54, 1.807) is 0 Å². The molecule has 1 aromatic rings. The smallest absolute Gasteiger partial charge is 0.386 e. The normalized spacial score (nSPS) is 11.9. The second-order valence-electron chi connectivity index (χ2n) is 2.56. The van der Waals surface area contributed by atoms with E-state index in [1.165, 1.54) is 0 Å². The van der Waals surface area contributed by atoms with Crippen molar-refractivity contribution < 1.29 is 27.2 Å². The van der Waals surface area contributed by atoms with Crippen molar-refractivity contribution in [2.24, 2.45) is 0 Å². The Morgan fingerprint density at radius 2 is 1.57 bits per heavy atom. The molecule has 0 spiro atoms. The van der Waals surface area contributed by atoms with Gasteiger partial charge in [-0.05, 0) is 0 Å². The topological polar surface area (TPSA) is 49.7 Å². The molecule has 0 unspecified atom stereocenters. The van der Waals surface area contributed by atoms with Gasteiger partial charge in [0.25, 0.3) is 0 Å². The summed E-state index contributed by atoms with van der Waals surface area (Å²) in [4.78, 5) is 18.2. The van der Waals surface area contributed by atoms with Crippen molar-refractivity contribution in [3.8, 4) is 0 Å². The minimum Gasteiger partial charge on any atom is -0.386 e. The van der Waals surface area contributed by atoms with Crippen LogP contribution >= 0.6 is 0 Å². The SMILES string of the molecule is CO[Si](O)(O)c1c(F)cc(F)cc1F. The zero-order valence-electron chi connectivity index (χ0n) is 7.09. The van der Waals surface area contributed by atoms with Crippen LogP contribution in [0.4, 0.5) is 13.2 Å². The summed E-state index contributed by atoms with van der Waals surface area (Å²) in [5.41, 5.74) is 0. The first-order valence-electron chi connectivity index (χ1n) is 3.53. The molecule has 0 aromatic heterocycles. The van der Waals surface area contributed by atoms with Crippen LogP contribution in [0.3, 0.4) is 0 Å². The van der Waals surface area contributed by atoms with Crippen LogP contribution in [0, 0.1) is 17.5 Å². The molecule has 7 heteroatoms. The van der Waals surface area contributed by atoms with Crippen LogP contribution in [0.15, 0.2) is 12.1 Å². The Bertz CT molecular complexity index is 333. The lowest BCUT2D eigenvalue weighted by atomic mass is 10.3. The van der Waals surface area contributed by atoms with Gasteiger partial charge in [0.05, 0.1) is 5.19 Å². The predicted octanol–water partition coefficient (Wildman–Crippen LogP) is -0.119. The maximum Gasteiger partial charge on any atom is 0.537 e. The first-order chi connectivity index (χ1) is 6.38. The summed E-state index contributed by atoms with van der Waals surface area (Å²) in [5.74, 6) is -3.88. The second kappa shape index (κ2) is 3.69. The van der Waals surface area contributed by atoms with Crippen LogP contribution in [0.25, 0.3) is 0 Å². The molecule has 0 aliphatic carbocycles. The van der Waals surface area contributed by atoms with Crippen molar-refractivity contribution in [3.05, 3.63) is 29.6 Å². The first-order valence-corrected chi connectivity index (χ1v) is 5.33. The van der Waals surface area contributed by atoms with Crippen molar-refractivity contribution >= 4 is 14.0 Å². The maximum atomic E-state index is 12.9. The fourth-order valence-corrected chi connectivity index (χ4v) is 1.93. The maximum absolute atomic E-state index is 12.9. The third-order valence-electron chi connectivity index (χ3n) is 1.62. The largest absolute Gasteiger partial charge is 0.537 e. The summed E-state index contributed by atoms with van der Waals surface area (Å²) in [5, 5.41) is -1.01. The first kappa shape index (κ1) is 11.2. The fraction of sp³-hybridized carbons (Fsp3) is 0.143. The van der Waals surface area contributed by atoms with E-state index in [0.717, 1.165) is 7.11 Å². The number of rotatable bonds is 2. The molecule has 0 atom stereocenters. The van der Waals surface area contributed by atoms with Crippen LogP contribution in [0.5, 0.6) is 0 Å². The Hall–Kier alpha value is -0.893. The summed E-state index contributed by atoms with van der Waals surface area (Å²) in [6, 6.07) is 0.706. The minimum absolute atomic E-state index is 0.353. The van der Waals surface area contributed by atoms with E-state index in [9.17, 15) is 13.2 Å². The highest BCUT2D eigenvalue weighted by Gasteiger charge is 2.40. The summed E-state index contributed by atoms with van der Waals surface area (Å²) < 4.78 is 42.5. The molecule has 78 valence electrons. The second-order valence-corrected chi connectivity index (χ2v) is 4.68. The Kier molecular flexibility index (Phi) is 2.95. The van der Waals surface area contributed by atoms with E-state index in [2.05, 4.69) is 4.43 Å². The summed E-state index contributed by atoms with van der Waals surface area (Å²) in [6.07, 6.45) is 0. The Morgan fingerprint density at radius 1 is 1.14 bits per heavy atom. The van der Waals surface area contributed by atoms with E-state index < -0.39 is 31.4 Å². The molecule has 0 saturated heterocycles. The zero-order valence-corrected chi connectivity index (χ0v) is 8.09. The Labute approximate surface area is 78.7 Å². The number of halogens is 3. The van der Waals surface area contributed by atoms with Gasteiger partial charge in [-0.25, -0.2) is 13.2 Å². The molecule has 0 aliphatic rings. The number of benzene rings is 1. The van der Waals surface area contributed by atoms with Gasteiger partial charge in [-0.3, -0.25) is 0 Å². The van der Waals surface area contributed by atoms with Crippen LogP contribution < -0.4 is 5.19 Å². The molecular formula is C7H7F3O3Si. The van der Waals surface area contributed by atoms with E-state index >= 15 is 0 Å². The minimum atomic E-state index is -4.58. The molecule has 3 nitrogen and oxygen atoms in total. The van der Waals surface area contributed by atoms with Gasteiger partial charge in [0.15, 0.2) is 0 Å². The van der Waals surface area contributed by atoms with Gasteiger partial charge in [-0.15, -0.1) is 0 Å². The standard InChI is InChI=1S/C7H7F3O3Si/c1-13-14(11,12)7-5(9)2-4(8)3-6(7)10/h2-3,11-12H,1H3. The molecule has 0 amide bonds. The van der Waals surface area contributed by atoms with Crippen molar-refractivity contribution in [1.29, 1.82) is 0 Å².